The molecule has 0 spiro atoms. The zero-order valence-electron chi connectivity index (χ0n) is 21.1. The van der Waals surface area contributed by atoms with Gasteiger partial charge in [-0.2, -0.15) is 0 Å². The van der Waals surface area contributed by atoms with Crippen molar-refractivity contribution in [2.24, 2.45) is 5.92 Å². The number of morpholine rings is 1. The predicted octanol–water partition coefficient (Wildman–Crippen LogP) is 6.04. The maximum absolute atomic E-state index is 13.1. The Morgan fingerprint density at radius 2 is 1.73 bits per heavy atom. The van der Waals surface area contributed by atoms with Crippen molar-refractivity contribution in [3.8, 4) is 0 Å². The van der Waals surface area contributed by atoms with Crippen LogP contribution in [0.3, 0.4) is 0 Å². The summed E-state index contributed by atoms with van der Waals surface area (Å²) in [6.07, 6.45) is 1.89. The molecule has 1 aliphatic heterocycles. The molecule has 3 aromatic carbocycles. The third-order valence-electron chi connectivity index (χ3n) is 7.10. The topological polar surface area (TPSA) is 79.9 Å². The summed E-state index contributed by atoms with van der Waals surface area (Å²) in [5.74, 6) is 1.20. The first-order valence-electron chi connectivity index (χ1n) is 13.0. The number of nitrogens with one attached hydrogen (secondary N) is 2. The van der Waals surface area contributed by atoms with Crippen LogP contribution in [-0.2, 0) is 16.1 Å². The molecular formula is C30H33N3O4. The Morgan fingerprint density at radius 3 is 2.43 bits per heavy atom. The Morgan fingerprint density at radius 1 is 0.973 bits per heavy atom. The summed E-state index contributed by atoms with van der Waals surface area (Å²) in [5.41, 5.74) is 4.79. The van der Waals surface area contributed by atoms with Crippen molar-refractivity contribution < 1.29 is 19.1 Å². The number of nitrogens with zero attached hydrogens (tertiary/aromatic N) is 1. The quantitative estimate of drug-likeness (QED) is 0.395. The number of rotatable bonds is 8. The molecule has 2 amide bonds. The molecule has 192 valence electrons. The van der Waals surface area contributed by atoms with Crippen LogP contribution in [0.25, 0.3) is 0 Å². The number of hydrogen-bond acceptors (Lipinski definition) is 5. The molecule has 37 heavy (non-hydrogen) atoms. The first kappa shape index (κ1) is 24.8. The SMILES string of the molecule is CCC1C[C@H]1c1ccc(NC(=O)c2ccc(N3CCOCC3)c(NC(=O)OCc3ccccc3)c2)cc1. The van der Waals surface area contributed by atoms with Gasteiger partial charge >= 0.3 is 6.09 Å². The maximum Gasteiger partial charge on any atom is 0.412 e. The van der Waals surface area contributed by atoms with Crippen molar-refractivity contribution >= 4 is 29.1 Å². The number of benzene rings is 3. The van der Waals surface area contributed by atoms with Crippen LogP contribution in [0.15, 0.2) is 72.8 Å². The molecule has 0 aromatic heterocycles. The Labute approximate surface area is 217 Å². The number of ether oxygens (including phenoxy) is 2. The van der Waals surface area contributed by atoms with Crippen molar-refractivity contribution in [1.82, 2.24) is 0 Å². The molecule has 1 unspecified atom stereocenters. The molecule has 1 aliphatic carbocycles. The van der Waals surface area contributed by atoms with Gasteiger partial charge in [-0.25, -0.2) is 4.79 Å². The van der Waals surface area contributed by atoms with Gasteiger partial charge in [-0.1, -0.05) is 55.8 Å². The Hall–Kier alpha value is -3.84. The summed E-state index contributed by atoms with van der Waals surface area (Å²) < 4.78 is 10.9. The minimum Gasteiger partial charge on any atom is -0.444 e. The fourth-order valence-electron chi connectivity index (χ4n) is 4.85. The molecular weight excluding hydrogens is 466 g/mol. The smallest absolute Gasteiger partial charge is 0.412 e. The molecule has 1 saturated heterocycles. The fraction of sp³-hybridized carbons (Fsp3) is 0.333. The summed E-state index contributed by atoms with van der Waals surface area (Å²) in [7, 11) is 0. The average Bonchev–Trinajstić information content (AvgIpc) is 3.73. The van der Waals surface area contributed by atoms with Crippen LogP contribution in [0.4, 0.5) is 21.9 Å². The Bertz CT molecular complexity index is 1220. The zero-order valence-corrected chi connectivity index (χ0v) is 21.1. The van der Waals surface area contributed by atoms with E-state index >= 15 is 0 Å². The van der Waals surface area contributed by atoms with Gasteiger partial charge in [0.1, 0.15) is 6.61 Å². The lowest BCUT2D eigenvalue weighted by molar-refractivity contribution is 0.102. The van der Waals surface area contributed by atoms with Gasteiger partial charge in [0.15, 0.2) is 0 Å². The molecule has 5 rings (SSSR count). The van der Waals surface area contributed by atoms with Crippen LogP contribution in [0.5, 0.6) is 0 Å². The molecule has 7 heteroatoms. The number of amides is 2. The minimum atomic E-state index is -0.572. The summed E-state index contributed by atoms with van der Waals surface area (Å²) >= 11 is 0. The summed E-state index contributed by atoms with van der Waals surface area (Å²) in [4.78, 5) is 27.9. The third kappa shape index (κ3) is 6.30. The van der Waals surface area contributed by atoms with Gasteiger partial charge < -0.3 is 19.7 Å². The van der Waals surface area contributed by atoms with Gasteiger partial charge in [0.05, 0.1) is 24.6 Å². The molecule has 2 N–H and O–H groups in total. The van der Waals surface area contributed by atoms with E-state index < -0.39 is 6.09 Å². The van der Waals surface area contributed by atoms with Crippen molar-refractivity contribution in [1.29, 1.82) is 0 Å². The van der Waals surface area contributed by atoms with Gasteiger partial charge in [-0.3, -0.25) is 10.1 Å². The highest BCUT2D eigenvalue weighted by molar-refractivity contribution is 6.06. The van der Waals surface area contributed by atoms with Crippen molar-refractivity contribution in [2.75, 3.05) is 41.8 Å². The van der Waals surface area contributed by atoms with E-state index in [2.05, 4.69) is 34.6 Å². The second-order valence-electron chi connectivity index (χ2n) is 9.60. The highest BCUT2D eigenvalue weighted by Gasteiger charge is 2.36. The largest absolute Gasteiger partial charge is 0.444 e. The summed E-state index contributed by atoms with van der Waals surface area (Å²) in [5, 5.41) is 5.83. The number of carbonyl (C=O) groups excluding carboxylic acids is 2. The first-order valence-corrected chi connectivity index (χ1v) is 13.0. The van der Waals surface area contributed by atoms with E-state index in [4.69, 9.17) is 9.47 Å². The van der Waals surface area contributed by atoms with Crippen molar-refractivity contribution in [3.05, 3.63) is 89.5 Å². The lowest BCUT2D eigenvalue weighted by Gasteiger charge is -2.30. The normalized spacial score (nSPS) is 18.7. The Balaban J connectivity index is 1.29. The molecule has 2 fully saturated rings. The number of carbonyl (C=O) groups is 2. The molecule has 0 bridgehead atoms. The standard InChI is InChI=1S/C30H33N3O4/c1-2-22-18-26(22)23-8-11-25(12-9-23)31-29(34)24-10-13-28(33-14-16-36-17-15-33)27(19-24)32-30(35)37-20-21-6-4-3-5-7-21/h3-13,19,22,26H,2,14-18,20H2,1H3,(H,31,34)(H,32,35)/t22?,26-/m1/s1. The van der Waals surface area contributed by atoms with Gasteiger partial charge in [-0.15, -0.1) is 0 Å². The summed E-state index contributed by atoms with van der Waals surface area (Å²) in [6.45, 7) is 5.01. The predicted molar refractivity (Wildman–Crippen MR) is 145 cm³/mol. The molecule has 0 radical (unpaired) electrons. The van der Waals surface area contributed by atoms with E-state index in [1.54, 1.807) is 12.1 Å². The first-order chi connectivity index (χ1) is 18.1. The fourth-order valence-corrected chi connectivity index (χ4v) is 4.85. The lowest BCUT2D eigenvalue weighted by atomic mass is 10.1. The molecule has 7 nitrogen and oxygen atoms in total. The second-order valence-corrected chi connectivity index (χ2v) is 9.60. The maximum atomic E-state index is 13.1. The Kier molecular flexibility index (Phi) is 7.70. The van der Waals surface area contributed by atoms with Gasteiger partial charge in [0.25, 0.3) is 5.91 Å². The van der Waals surface area contributed by atoms with Gasteiger partial charge in [-0.05, 0) is 59.7 Å². The van der Waals surface area contributed by atoms with Crippen LogP contribution in [-0.4, -0.2) is 38.3 Å². The highest BCUT2D eigenvalue weighted by Crippen LogP contribution is 2.49. The van der Waals surface area contributed by atoms with Crippen LogP contribution < -0.4 is 15.5 Å². The monoisotopic (exact) mass is 499 g/mol. The minimum absolute atomic E-state index is 0.162. The zero-order chi connectivity index (χ0) is 25.6. The van der Waals surface area contributed by atoms with Crippen LogP contribution >= 0.6 is 0 Å². The third-order valence-corrected chi connectivity index (χ3v) is 7.10. The van der Waals surface area contributed by atoms with Gasteiger partial charge in [0.2, 0.25) is 0 Å². The number of hydrogen-bond donors (Lipinski definition) is 2. The van der Waals surface area contributed by atoms with E-state index in [0.29, 0.717) is 43.5 Å². The molecule has 2 aliphatic rings. The second kappa shape index (κ2) is 11.5. The summed E-state index contributed by atoms with van der Waals surface area (Å²) in [6, 6.07) is 23.0. The van der Waals surface area contributed by atoms with Crippen LogP contribution in [0.2, 0.25) is 0 Å². The van der Waals surface area contributed by atoms with Crippen molar-refractivity contribution in [3.63, 3.8) is 0 Å². The van der Waals surface area contributed by atoms with E-state index in [1.165, 1.54) is 18.4 Å². The van der Waals surface area contributed by atoms with Gasteiger partial charge in [0, 0.05) is 24.3 Å². The van der Waals surface area contributed by atoms with E-state index in [9.17, 15) is 9.59 Å². The molecule has 1 saturated carbocycles. The number of anilines is 3. The molecule has 3 aromatic rings. The highest BCUT2D eigenvalue weighted by atomic mass is 16.5. The average molecular weight is 500 g/mol. The van der Waals surface area contributed by atoms with E-state index in [-0.39, 0.29) is 12.5 Å². The molecule has 2 atom stereocenters. The van der Waals surface area contributed by atoms with Crippen LogP contribution in [0, 0.1) is 5.92 Å². The van der Waals surface area contributed by atoms with Crippen molar-refractivity contribution in [2.45, 2.75) is 32.3 Å². The van der Waals surface area contributed by atoms with E-state index in [0.717, 1.165) is 22.9 Å². The molecule has 1 heterocycles. The lowest BCUT2D eigenvalue weighted by Crippen LogP contribution is -2.37. The van der Waals surface area contributed by atoms with E-state index in [1.807, 2.05) is 48.5 Å². The van der Waals surface area contributed by atoms with Crippen LogP contribution in [0.1, 0.15) is 47.2 Å².